The topological polar surface area (TPSA) is 72.2 Å². The lowest BCUT2D eigenvalue weighted by Gasteiger charge is -2.25. The summed E-state index contributed by atoms with van der Waals surface area (Å²) in [6.07, 6.45) is 7.51. The largest absolute Gasteiger partial charge is 0.299 e. The molecule has 1 aromatic heterocycles. The number of hydrogen-bond acceptors (Lipinski definition) is 5. The number of hydrogen-bond donors (Lipinski definition) is 1. The van der Waals surface area contributed by atoms with Gasteiger partial charge in [-0.2, -0.15) is 5.10 Å². The van der Waals surface area contributed by atoms with Crippen LogP contribution in [0.5, 0.6) is 0 Å². The van der Waals surface area contributed by atoms with E-state index in [1.54, 1.807) is 6.21 Å². The standard InChI is InChI=1S/C27H26ClN5OS/c28-22-15-13-20(14-16-22)26-31-32-27(33(26)23-10-2-1-3-11-23)35-18-25(34)30-29-17-21-9-6-8-19-7-4-5-12-24(19)21/h4-9,12-17,23H,1-3,10-11,18H2,(H,30,34)/b29-17-. The summed E-state index contributed by atoms with van der Waals surface area (Å²) in [7, 11) is 0. The number of aromatic nitrogens is 3. The third-order valence-electron chi connectivity index (χ3n) is 6.26. The van der Waals surface area contributed by atoms with E-state index in [0.29, 0.717) is 11.1 Å². The van der Waals surface area contributed by atoms with Crippen LogP contribution in [0, 0.1) is 0 Å². The van der Waals surface area contributed by atoms with E-state index >= 15 is 0 Å². The molecule has 0 saturated heterocycles. The molecule has 0 aliphatic heterocycles. The highest BCUT2D eigenvalue weighted by atomic mass is 35.5. The quantitative estimate of drug-likeness (QED) is 0.177. The molecule has 178 valence electrons. The van der Waals surface area contributed by atoms with Gasteiger partial charge in [0.05, 0.1) is 12.0 Å². The highest BCUT2D eigenvalue weighted by molar-refractivity contribution is 7.99. The van der Waals surface area contributed by atoms with Crippen molar-refractivity contribution in [2.45, 2.75) is 43.3 Å². The number of carbonyl (C=O) groups is 1. The molecule has 1 fully saturated rings. The lowest BCUT2D eigenvalue weighted by Crippen LogP contribution is -2.20. The van der Waals surface area contributed by atoms with E-state index in [9.17, 15) is 4.79 Å². The van der Waals surface area contributed by atoms with Gasteiger partial charge in [-0.15, -0.1) is 10.2 Å². The number of thioether (sulfide) groups is 1. The van der Waals surface area contributed by atoms with Crippen molar-refractivity contribution in [1.29, 1.82) is 0 Å². The molecule has 3 aromatic carbocycles. The molecule has 8 heteroatoms. The van der Waals surface area contributed by atoms with Crippen LogP contribution >= 0.6 is 23.4 Å². The van der Waals surface area contributed by atoms with E-state index in [4.69, 9.17) is 11.6 Å². The summed E-state index contributed by atoms with van der Waals surface area (Å²) in [5, 5.41) is 16.8. The van der Waals surface area contributed by atoms with Crippen molar-refractivity contribution in [2.75, 3.05) is 5.75 Å². The van der Waals surface area contributed by atoms with Gasteiger partial charge in [-0.25, -0.2) is 5.43 Å². The predicted octanol–water partition coefficient (Wildman–Crippen LogP) is 6.50. The Morgan fingerprint density at radius 3 is 2.63 bits per heavy atom. The van der Waals surface area contributed by atoms with Crippen LogP contribution in [0.3, 0.4) is 0 Å². The average molecular weight is 504 g/mol. The van der Waals surface area contributed by atoms with Crippen molar-refractivity contribution in [2.24, 2.45) is 5.10 Å². The summed E-state index contributed by atoms with van der Waals surface area (Å²) < 4.78 is 2.21. The van der Waals surface area contributed by atoms with Crippen molar-refractivity contribution in [3.8, 4) is 11.4 Å². The lowest BCUT2D eigenvalue weighted by atomic mass is 9.95. The Kier molecular flexibility index (Phi) is 7.45. The Labute approximate surface area is 213 Å². The fraction of sp³-hybridized carbons (Fsp3) is 0.259. The van der Waals surface area contributed by atoms with Crippen LogP contribution in [-0.2, 0) is 4.79 Å². The highest BCUT2D eigenvalue weighted by Gasteiger charge is 2.24. The number of rotatable bonds is 7. The van der Waals surface area contributed by atoms with Gasteiger partial charge in [-0.05, 0) is 47.9 Å². The van der Waals surface area contributed by atoms with Crippen molar-refractivity contribution >= 4 is 46.3 Å². The molecule has 6 nitrogen and oxygen atoms in total. The fourth-order valence-corrected chi connectivity index (χ4v) is 5.46. The Morgan fingerprint density at radius 1 is 1.03 bits per heavy atom. The highest BCUT2D eigenvalue weighted by Crippen LogP contribution is 2.35. The van der Waals surface area contributed by atoms with Gasteiger partial charge in [-0.1, -0.05) is 85.1 Å². The predicted molar refractivity (Wildman–Crippen MR) is 143 cm³/mol. The first-order valence-corrected chi connectivity index (χ1v) is 13.2. The Balaban J connectivity index is 1.28. The van der Waals surface area contributed by atoms with E-state index in [1.165, 1.54) is 31.0 Å². The maximum Gasteiger partial charge on any atom is 0.250 e. The lowest BCUT2D eigenvalue weighted by molar-refractivity contribution is -0.118. The van der Waals surface area contributed by atoms with Crippen molar-refractivity contribution < 1.29 is 4.79 Å². The molecule has 0 bridgehead atoms. The molecule has 1 N–H and O–H groups in total. The van der Waals surface area contributed by atoms with Gasteiger partial charge < -0.3 is 0 Å². The van der Waals surface area contributed by atoms with Crippen LogP contribution in [-0.4, -0.2) is 32.6 Å². The summed E-state index contributed by atoms with van der Waals surface area (Å²) in [5.41, 5.74) is 4.58. The molecule has 1 aliphatic rings. The van der Waals surface area contributed by atoms with E-state index in [-0.39, 0.29) is 11.7 Å². The van der Waals surface area contributed by atoms with Gasteiger partial charge >= 0.3 is 0 Å². The van der Waals surface area contributed by atoms with E-state index in [2.05, 4.69) is 37.4 Å². The molecule has 0 radical (unpaired) electrons. The molecule has 1 heterocycles. The van der Waals surface area contributed by atoms with Gasteiger partial charge in [0, 0.05) is 22.2 Å². The fourth-order valence-electron chi connectivity index (χ4n) is 4.54. The average Bonchev–Trinajstić information content (AvgIpc) is 3.32. The van der Waals surface area contributed by atoms with Gasteiger partial charge in [0.1, 0.15) is 0 Å². The van der Waals surface area contributed by atoms with E-state index in [0.717, 1.165) is 45.7 Å². The smallest absolute Gasteiger partial charge is 0.250 e. The summed E-state index contributed by atoms with van der Waals surface area (Å²) in [5.74, 6) is 0.849. The van der Waals surface area contributed by atoms with E-state index < -0.39 is 0 Å². The van der Waals surface area contributed by atoms with Crippen LogP contribution in [0.4, 0.5) is 0 Å². The first-order valence-electron chi connectivity index (χ1n) is 11.8. The summed E-state index contributed by atoms with van der Waals surface area (Å²) >= 11 is 7.48. The van der Waals surface area contributed by atoms with Crippen LogP contribution < -0.4 is 5.43 Å². The maximum atomic E-state index is 12.6. The summed E-state index contributed by atoms with van der Waals surface area (Å²) in [6.45, 7) is 0. The number of fused-ring (bicyclic) bond motifs is 1. The summed E-state index contributed by atoms with van der Waals surface area (Å²) in [4.78, 5) is 12.6. The Bertz CT molecular complexity index is 1340. The van der Waals surface area contributed by atoms with Gasteiger partial charge in [0.15, 0.2) is 11.0 Å². The number of nitrogens with zero attached hydrogens (tertiary/aromatic N) is 4. The Hall–Kier alpha value is -3.16. The Morgan fingerprint density at radius 2 is 1.80 bits per heavy atom. The van der Waals surface area contributed by atoms with Crippen LogP contribution in [0.25, 0.3) is 22.2 Å². The van der Waals surface area contributed by atoms with Crippen molar-refractivity contribution in [1.82, 2.24) is 20.2 Å². The molecule has 35 heavy (non-hydrogen) atoms. The number of benzene rings is 3. The normalized spacial score (nSPS) is 14.5. The van der Waals surface area contributed by atoms with Gasteiger partial charge in [-0.3, -0.25) is 9.36 Å². The summed E-state index contributed by atoms with van der Waals surface area (Å²) in [6, 6.07) is 22.1. The zero-order valence-corrected chi connectivity index (χ0v) is 20.8. The zero-order valence-electron chi connectivity index (χ0n) is 19.2. The van der Waals surface area contributed by atoms with Crippen LogP contribution in [0.15, 0.2) is 77.0 Å². The first-order chi connectivity index (χ1) is 17.2. The second-order valence-electron chi connectivity index (χ2n) is 8.63. The first kappa shape index (κ1) is 23.6. The minimum Gasteiger partial charge on any atom is -0.299 e. The molecule has 4 aromatic rings. The van der Waals surface area contributed by atoms with Crippen molar-refractivity contribution in [3.05, 3.63) is 77.3 Å². The molecule has 0 unspecified atom stereocenters. The molecule has 0 spiro atoms. The second kappa shape index (κ2) is 11.1. The molecule has 1 aliphatic carbocycles. The number of carbonyl (C=O) groups excluding carboxylic acids is 1. The molecule has 5 rings (SSSR count). The second-order valence-corrected chi connectivity index (χ2v) is 10.0. The molecule has 1 saturated carbocycles. The minimum absolute atomic E-state index is 0.183. The number of hydrazone groups is 1. The van der Waals surface area contributed by atoms with Crippen molar-refractivity contribution in [3.63, 3.8) is 0 Å². The molecular formula is C27H26ClN5OS. The number of halogens is 1. The molecule has 0 atom stereocenters. The third-order valence-corrected chi connectivity index (χ3v) is 7.45. The molecular weight excluding hydrogens is 478 g/mol. The van der Waals surface area contributed by atoms with Gasteiger partial charge in [0.25, 0.3) is 5.91 Å². The number of amides is 1. The zero-order chi connectivity index (χ0) is 24.0. The van der Waals surface area contributed by atoms with Crippen LogP contribution in [0.2, 0.25) is 5.02 Å². The van der Waals surface area contributed by atoms with E-state index in [1.807, 2.05) is 54.6 Å². The monoisotopic (exact) mass is 503 g/mol. The third kappa shape index (κ3) is 5.57. The number of nitrogens with one attached hydrogen (secondary N) is 1. The van der Waals surface area contributed by atoms with Crippen LogP contribution in [0.1, 0.15) is 43.7 Å². The minimum atomic E-state index is -0.183. The SMILES string of the molecule is O=C(CSc1nnc(-c2ccc(Cl)cc2)n1C1CCCCC1)N/N=C\c1cccc2ccccc12. The van der Waals surface area contributed by atoms with Gasteiger partial charge in [0.2, 0.25) is 0 Å². The molecule has 1 amide bonds. The maximum absolute atomic E-state index is 12.6.